The molecule has 0 bridgehead atoms. The lowest BCUT2D eigenvalue weighted by atomic mass is 9.84. The minimum Gasteiger partial charge on any atom is -0.480 e. The van der Waals surface area contributed by atoms with E-state index in [1.54, 1.807) is 0 Å². The van der Waals surface area contributed by atoms with Gasteiger partial charge in [-0.3, -0.25) is 9.59 Å². The zero-order valence-corrected chi connectivity index (χ0v) is 11.9. The van der Waals surface area contributed by atoms with Gasteiger partial charge in [-0.2, -0.15) is 0 Å². The molecule has 0 radical (unpaired) electrons. The number of carboxylic acids is 1. The van der Waals surface area contributed by atoms with Gasteiger partial charge in [-0.15, -0.1) is 0 Å². The van der Waals surface area contributed by atoms with Crippen molar-refractivity contribution in [2.75, 3.05) is 6.54 Å². The van der Waals surface area contributed by atoms with Crippen LogP contribution in [0.3, 0.4) is 0 Å². The first-order chi connectivity index (χ1) is 8.68. The van der Waals surface area contributed by atoms with Crippen molar-refractivity contribution < 1.29 is 14.7 Å². The lowest BCUT2D eigenvalue weighted by Crippen LogP contribution is -2.46. The first-order valence-corrected chi connectivity index (χ1v) is 6.25. The molecule has 0 aliphatic heterocycles. The van der Waals surface area contributed by atoms with Gasteiger partial charge in [-0.25, -0.2) is 0 Å². The summed E-state index contributed by atoms with van der Waals surface area (Å²) in [5.41, 5.74) is -0.554. The molecule has 1 aromatic rings. The zero-order valence-electron chi connectivity index (χ0n) is 11.9. The van der Waals surface area contributed by atoms with Gasteiger partial charge in [0.2, 0.25) is 5.91 Å². The Bertz CT molecular complexity index is 464. The quantitative estimate of drug-likeness (QED) is 0.800. The molecule has 0 saturated carbocycles. The first kappa shape index (κ1) is 15.2. The molecular weight excluding hydrogens is 242 g/mol. The van der Waals surface area contributed by atoms with Crippen LogP contribution in [0.25, 0.3) is 0 Å². The van der Waals surface area contributed by atoms with Gasteiger partial charge in [0, 0.05) is 12.0 Å². The fourth-order valence-electron chi connectivity index (χ4n) is 1.61. The average Bonchev–Trinajstić information content (AvgIpc) is 2.36. The Morgan fingerprint density at radius 2 is 1.63 bits per heavy atom. The maximum atomic E-state index is 11.9. The van der Waals surface area contributed by atoms with Crippen molar-refractivity contribution in [1.82, 2.24) is 5.32 Å². The van der Waals surface area contributed by atoms with Crippen molar-refractivity contribution in [3.05, 3.63) is 35.9 Å². The number of hydrogen-bond acceptors (Lipinski definition) is 2. The summed E-state index contributed by atoms with van der Waals surface area (Å²) in [4.78, 5) is 22.9. The summed E-state index contributed by atoms with van der Waals surface area (Å²) < 4.78 is 0. The number of carbonyl (C=O) groups excluding carboxylic acids is 1. The zero-order chi connectivity index (χ0) is 14.7. The lowest BCUT2D eigenvalue weighted by Gasteiger charge is -2.27. The van der Waals surface area contributed by atoms with Crippen LogP contribution in [0.15, 0.2) is 30.3 Å². The van der Waals surface area contributed by atoms with Gasteiger partial charge >= 0.3 is 5.97 Å². The van der Waals surface area contributed by atoms with Crippen LogP contribution in [0, 0.1) is 5.41 Å². The third-order valence-corrected chi connectivity index (χ3v) is 3.35. The molecule has 0 heterocycles. The highest BCUT2D eigenvalue weighted by atomic mass is 16.4. The summed E-state index contributed by atoms with van der Waals surface area (Å²) in [6, 6.07) is 9.81. The summed E-state index contributed by atoms with van der Waals surface area (Å²) in [5.74, 6) is -1.59. The van der Waals surface area contributed by atoms with Crippen molar-refractivity contribution in [3.8, 4) is 0 Å². The Hall–Kier alpha value is -1.84. The highest BCUT2D eigenvalue weighted by Gasteiger charge is 2.36. The fraction of sp³-hybridized carbons (Fsp3) is 0.467. The third-order valence-electron chi connectivity index (χ3n) is 3.35. The van der Waals surface area contributed by atoms with Crippen LogP contribution < -0.4 is 5.32 Å². The molecule has 0 atom stereocenters. The number of rotatable bonds is 5. The number of nitrogens with one attached hydrogen (secondary N) is 1. The van der Waals surface area contributed by atoms with Crippen molar-refractivity contribution in [2.24, 2.45) is 5.41 Å². The fourth-order valence-corrected chi connectivity index (χ4v) is 1.61. The average molecular weight is 263 g/mol. The predicted octanol–water partition coefficient (Wildman–Crippen LogP) is 2.19. The van der Waals surface area contributed by atoms with E-state index < -0.39 is 17.3 Å². The van der Waals surface area contributed by atoms with E-state index in [0.717, 1.165) is 5.56 Å². The van der Waals surface area contributed by atoms with Gasteiger partial charge in [-0.1, -0.05) is 44.2 Å². The number of amides is 1. The number of aliphatic carboxylic acids is 1. The molecule has 0 fully saturated rings. The number of hydrogen-bond donors (Lipinski definition) is 2. The SMILES string of the molecule is CC(C)(C(=O)O)C(=O)NCC(C)(C)c1ccccc1. The summed E-state index contributed by atoms with van der Waals surface area (Å²) in [6.07, 6.45) is 0. The summed E-state index contributed by atoms with van der Waals surface area (Å²) in [5, 5.41) is 11.7. The third kappa shape index (κ3) is 3.56. The molecule has 0 unspecified atom stereocenters. The van der Waals surface area contributed by atoms with Gasteiger partial charge in [-0.05, 0) is 19.4 Å². The maximum absolute atomic E-state index is 11.9. The topological polar surface area (TPSA) is 66.4 Å². The normalized spacial score (nSPS) is 12.0. The number of benzene rings is 1. The Morgan fingerprint density at radius 3 is 2.11 bits per heavy atom. The van der Waals surface area contributed by atoms with Crippen LogP contribution in [0.1, 0.15) is 33.3 Å². The molecule has 4 nitrogen and oxygen atoms in total. The first-order valence-electron chi connectivity index (χ1n) is 6.25. The highest BCUT2D eigenvalue weighted by Crippen LogP contribution is 2.23. The molecule has 2 N–H and O–H groups in total. The second kappa shape index (κ2) is 5.43. The standard InChI is InChI=1S/C15H21NO3/c1-14(2,11-8-6-5-7-9-11)10-16-12(17)15(3,4)13(18)19/h5-9H,10H2,1-4H3,(H,16,17)(H,18,19). The van der Waals surface area contributed by atoms with Crippen molar-refractivity contribution in [3.63, 3.8) is 0 Å². The number of carboxylic acid groups (broad SMARTS) is 1. The Labute approximate surface area is 113 Å². The van der Waals surface area contributed by atoms with Crippen LogP contribution in [-0.4, -0.2) is 23.5 Å². The summed E-state index contributed by atoms with van der Waals surface area (Å²) in [6.45, 7) is 7.22. The van der Waals surface area contributed by atoms with Crippen LogP contribution in [-0.2, 0) is 15.0 Å². The van der Waals surface area contributed by atoms with Crippen LogP contribution >= 0.6 is 0 Å². The molecule has 4 heteroatoms. The molecule has 0 aliphatic rings. The van der Waals surface area contributed by atoms with Crippen LogP contribution in [0.2, 0.25) is 0 Å². The van der Waals surface area contributed by atoms with Gasteiger partial charge in [0.15, 0.2) is 0 Å². The molecule has 1 amide bonds. The molecule has 0 aliphatic carbocycles. The monoisotopic (exact) mass is 263 g/mol. The van der Waals surface area contributed by atoms with Crippen molar-refractivity contribution in [1.29, 1.82) is 0 Å². The lowest BCUT2D eigenvalue weighted by molar-refractivity contribution is -0.153. The van der Waals surface area contributed by atoms with Crippen molar-refractivity contribution in [2.45, 2.75) is 33.1 Å². The Morgan fingerprint density at radius 1 is 1.11 bits per heavy atom. The van der Waals surface area contributed by atoms with E-state index in [2.05, 4.69) is 5.32 Å². The second-order valence-corrected chi connectivity index (χ2v) is 5.86. The van der Waals surface area contributed by atoms with E-state index in [1.165, 1.54) is 13.8 Å². The van der Waals surface area contributed by atoms with E-state index in [1.807, 2.05) is 44.2 Å². The predicted molar refractivity (Wildman–Crippen MR) is 73.9 cm³/mol. The molecule has 104 valence electrons. The summed E-state index contributed by atoms with van der Waals surface area (Å²) in [7, 11) is 0. The molecule has 1 aromatic carbocycles. The van der Waals surface area contributed by atoms with Crippen LogP contribution in [0.4, 0.5) is 0 Å². The van der Waals surface area contributed by atoms with Gasteiger partial charge < -0.3 is 10.4 Å². The highest BCUT2D eigenvalue weighted by molar-refractivity contribution is 6.00. The maximum Gasteiger partial charge on any atom is 0.318 e. The molecule has 19 heavy (non-hydrogen) atoms. The smallest absolute Gasteiger partial charge is 0.318 e. The van der Waals surface area contributed by atoms with E-state index in [9.17, 15) is 9.59 Å². The molecular formula is C15H21NO3. The molecule has 0 spiro atoms. The Balaban J connectivity index is 2.72. The minimum atomic E-state index is -1.41. The van der Waals surface area contributed by atoms with Gasteiger partial charge in [0.1, 0.15) is 5.41 Å². The van der Waals surface area contributed by atoms with E-state index in [-0.39, 0.29) is 5.41 Å². The van der Waals surface area contributed by atoms with Crippen LogP contribution in [0.5, 0.6) is 0 Å². The van der Waals surface area contributed by atoms with Gasteiger partial charge in [0.25, 0.3) is 0 Å². The second-order valence-electron chi connectivity index (χ2n) is 5.86. The minimum absolute atomic E-state index is 0.245. The van der Waals surface area contributed by atoms with E-state index >= 15 is 0 Å². The number of carbonyl (C=O) groups is 2. The molecule has 0 saturated heterocycles. The van der Waals surface area contributed by atoms with E-state index in [0.29, 0.717) is 6.54 Å². The Kier molecular flexibility index (Phi) is 4.35. The van der Waals surface area contributed by atoms with Crippen molar-refractivity contribution >= 4 is 11.9 Å². The molecule has 1 rings (SSSR count). The molecule has 0 aromatic heterocycles. The largest absolute Gasteiger partial charge is 0.480 e. The van der Waals surface area contributed by atoms with E-state index in [4.69, 9.17) is 5.11 Å². The van der Waals surface area contributed by atoms with Gasteiger partial charge in [0.05, 0.1) is 0 Å². The summed E-state index contributed by atoms with van der Waals surface area (Å²) >= 11 is 0.